The van der Waals surface area contributed by atoms with Crippen LogP contribution in [0.5, 0.6) is 5.75 Å². The number of imidazole rings is 1. The standard InChI is InChI=1S/C13H10ClN3OS/c1-18-11-5-4-8(14)7-10(11)17-12-9(16-13(17)19)3-2-6-15-12/h2-7H,1H3,(H,16,19). The molecule has 0 atom stereocenters. The van der Waals surface area contributed by atoms with Crippen molar-refractivity contribution in [3.05, 3.63) is 46.3 Å². The Balaban J connectivity index is 2.39. The zero-order chi connectivity index (χ0) is 13.4. The van der Waals surface area contributed by atoms with Gasteiger partial charge in [-0.05, 0) is 42.5 Å². The number of hydrogen-bond acceptors (Lipinski definition) is 3. The molecule has 0 saturated carbocycles. The zero-order valence-corrected chi connectivity index (χ0v) is 11.6. The number of H-pyrrole nitrogens is 1. The van der Waals surface area contributed by atoms with E-state index in [1.54, 1.807) is 31.5 Å². The van der Waals surface area contributed by atoms with Crippen molar-refractivity contribution >= 4 is 35.0 Å². The van der Waals surface area contributed by atoms with Gasteiger partial charge in [-0.15, -0.1) is 0 Å². The minimum absolute atomic E-state index is 0.550. The molecular weight excluding hydrogens is 282 g/mol. The zero-order valence-electron chi connectivity index (χ0n) is 10.1. The first-order valence-corrected chi connectivity index (χ1v) is 6.39. The molecule has 0 amide bonds. The Morgan fingerprint density at radius 3 is 3.00 bits per heavy atom. The first-order chi connectivity index (χ1) is 9.20. The second-order valence-electron chi connectivity index (χ2n) is 3.96. The Bertz CT molecular complexity index is 809. The summed E-state index contributed by atoms with van der Waals surface area (Å²) in [6, 6.07) is 9.16. The van der Waals surface area contributed by atoms with Gasteiger partial charge >= 0.3 is 0 Å². The van der Waals surface area contributed by atoms with Gasteiger partial charge in [0, 0.05) is 11.2 Å². The summed E-state index contributed by atoms with van der Waals surface area (Å²) in [4.78, 5) is 7.46. The van der Waals surface area contributed by atoms with Crippen LogP contribution in [0.1, 0.15) is 0 Å². The van der Waals surface area contributed by atoms with Crippen molar-refractivity contribution in [2.24, 2.45) is 0 Å². The van der Waals surface area contributed by atoms with Crippen LogP contribution in [0.4, 0.5) is 0 Å². The van der Waals surface area contributed by atoms with Crippen LogP contribution in [0.25, 0.3) is 16.9 Å². The molecule has 4 nitrogen and oxygen atoms in total. The van der Waals surface area contributed by atoms with Gasteiger partial charge in [-0.25, -0.2) is 4.98 Å². The second kappa shape index (κ2) is 4.68. The molecule has 1 N–H and O–H groups in total. The number of methoxy groups -OCH3 is 1. The molecule has 19 heavy (non-hydrogen) atoms. The lowest BCUT2D eigenvalue weighted by atomic mass is 10.3. The van der Waals surface area contributed by atoms with Gasteiger partial charge in [0.2, 0.25) is 0 Å². The number of pyridine rings is 1. The topological polar surface area (TPSA) is 42.8 Å². The van der Waals surface area contributed by atoms with Gasteiger partial charge in [-0.3, -0.25) is 4.57 Å². The lowest BCUT2D eigenvalue weighted by Crippen LogP contribution is -1.99. The van der Waals surface area contributed by atoms with Crippen LogP contribution in [0.3, 0.4) is 0 Å². The minimum Gasteiger partial charge on any atom is -0.495 e. The fourth-order valence-electron chi connectivity index (χ4n) is 2.00. The molecule has 6 heteroatoms. The number of ether oxygens (including phenoxy) is 1. The Kier molecular flexibility index (Phi) is 3.00. The highest BCUT2D eigenvalue weighted by atomic mass is 35.5. The van der Waals surface area contributed by atoms with Crippen LogP contribution in [0.15, 0.2) is 36.5 Å². The predicted octanol–water partition coefficient (Wildman–Crippen LogP) is 3.75. The fraction of sp³-hybridized carbons (Fsp3) is 0.0769. The molecule has 1 aromatic carbocycles. The molecule has 0 fully saturated rings. The maximum absolute atomic E-state index is 6.06. The van der Waals surface area contributed by atoms with Crippen LogP contribution in [-0.4, -0.2) is 21.6 Å². The van der Waals surface area contributed by atoms with Crippen LogP contribution >= 0.6 is 23.8 Å². The molecule has 0 spiro atoms. The Labute approximate surface area is 119 Å². The van der Waals surface area contributed by atoms with E-state index in [4.69, 9.17) is 28.6 Å². The molecule has 96 valence electrons. The average Bonchev–Trinajstić information content (AvgIpc) is 2.74. The predicted molar refractivity (Wildman–Crippen MR) is 77.8 cm³/mol. The maximum atomic E-state index is 6.06. The van der Waals surface area contributed by atoms with E-state index < -0.39 is 0 Å². The highest BCUT2D eigenvalue weighted by Gasteiger charge is 2.12. The van der Waals surface area contributed by atoms with E-state index in [0.29, 0.717) is 15.5 Å². The number of hydrogen-bond donors (Lipinski definition) is 1. The van der Waals surface area contributed by atoms with Crippen LogP contribution < -0.4 is 4.74 Å². The third-order valence-electron chi connectivity index (χ3n) is 2.82. The Morgan fingerprint density at radius 2 is 2.21 bits per heavy atom. The Morgan fingerprint density at radius 1 is 1.37 bits per heavy atom. The summed E-state index contributed by atoms with van der Waals surface area (Å²) < 4.78 is 7.73. The van der Waals surface area contributed by atoms with Gasteiger partial charge in [0.15, 0.2) is 10.4 Å². The molecule has 0 unspecified atom stereocenters. The molecule has 2 heterocycles. The largest absolute Gasteiger partial charge is 0.495 e. The van der Waals surface area contributed by atoms with E-state index in [-0.39, 0.29) is 0 Å². The number of fused-ring (bicyclic) bond motifs is 1. The molecule has 0 aliphatic heterocycles. The number of nitrogens with one attached hydrogen (secondary N) is 1. The van der Waals surface area contributed by atoms with E-state index in [2.05, 4.69) is 9.97 Å². The van der Waals surface area contributed by atoms with Gasteiger partial charge in [-0.1, -0.05) is 11.6 Å². The monoisotopic (exact) mass is 291 g/mol. The number of rotatable bonds is 2. The van der Waals surface area contributed by atoms with Crippen molar-refractivity contribution in [1.82, 2.24) is 14.5 Å². The fourth-order valence-corrected chi connectivity index (χ4v) is 2.46. The van der Waals surface area contributed by atoms with E-state index >= 15 is 0 Å². The first kappa shape index (κ1) is 12.2. The molecule has 0 aliphatic carbocycles. The second-order valence-corrected chi connectivity index (χ2v) is 4.78. The number of halogens is 1. The van der Waals surface area contributed by atoms with Gasteiger partial charge in [0.05, 0.1) is 18.3 Å². The molecule has 2 aromatic heterocycles. The molecule has 3 aromatic rings. The minimum atomic E-state index is 0.550. The summed E-state index contributed by atoms with van der Waals surface area (Å²) in [5, 5.41) is 0.614. The summed E-state index contributed by atoms with van der Waals surface area (Å²) in [6.45, 7) is 0. The maximum Gasteiger partial charge on any atom is 0.184 e. The molecular formula is C13H10ClN3OS. The van der Waals surface area contributed by atoms with Crippen LogP contribution in [0.2, 0.25) is 5.02 Å². The van der Waals surface area contributed by atoms with Crippen LogP contribution in [0, 0.1) is 4.77 Å². The summed E-state index contributed by atoms with van der Waals surface area (Å²) >= 11 is 11.4. The number of aromatic amines is 1. The van der Waals surface area contributed by atoms with E-state index in [0.717, 1.165) is 16.9 Å². The summed E-state index contributed by atoms with van der Waals surface area (Å²) in [5.74, 6) is 0.687. The van der Waals surface area contributed by atoms with E-state index in [1.807, 2.05) is 16.7 Å². The SMILES string of the molecule is COc1ccc(Cl)cc1-n1c(=S)[nH]c2cccnc21. The van der Waals surface area contributed by atoms with Gasteiger partial charge in [-0.2, -0.15) is 0 Å². The highest BCUT2D eigenvalue weighted by molar-refractivity contribution is 7.71. The lowest BCUT2D eigenvalue weighted by molar-refractivity contribution is 0.413. The molecule has 3 rings (SSSR count). The van der Waals surface area contributed by atoms with Gasteiger partial charge in [0.25, 0.3) is 0 Å². The molecule has 0 bridgehead atoms. The highest BCUT2D eigenvalue weighted by Crippen LogP contribution is 2.29. The molecule has 0 aliphatic rings. The quantitative estimate of drug-likeness (QED) is 0.731. The summed E-state index contributed by atoms with van der Waals surface area (Å²) in [7, 11) is 1.61. The smallest absolute Gasteiger partial charge is 0.184 e. The van der Waals surface area contributed by atoms with Crippen molar-refractivity contribution in [3.63, 3.8) is 0 Å². The normalized spacial score (nSPS) is 10.8. The van der Waals surface area contributed by atoms with Crippen molar-refractivity contribution in [1.29, 1.82) is 0 Å². The molecule has 0 saturated heterocycles. The molecule has 0 radical (unpaired) electrons. The van der Waals surface area contributed by atoms with Crippen LogP contribution in [-0.2, 0) is 0 Å². The van der Waals surface area contributed by atoms with Crippen molar-refractivity contribution in [2.75, 3.05) is 7.11 Å². The van der Waals surface area contributed by atoms with Gasteiger partial charge in [0.1, 0.15) is 5.75 Å². The third-order valence-corrected chi connectivity index (χ3v) is 3.34. The summed E-state index contributed by atoms with van der Waals surface area (Å²) in [6.07, 6.45) is 1.72. The summed E-state index contributed by atoms with van der Waals surface area (Å²) in [5.41, 5.74) is 2.38. The van der Waals surface area contributed by atoms with Crippen molar-refractivity contribution < 1.29 is 4.74 Å². The first-order valence-electron chi connectivity index (χ1n) is 5.60. The third kappa shape index (κ3) is 2.01. The Hall–Kier alpha value is -1.85. The van der Waals surface area contributed by atoms with Gasteiger partial charge < -0.3 is 9.72 Å². The van der Waals surface area contributed by atoms with Crippen molar-refractivity contribution in [2.45, 2.75) is 0 Å². The lowest BCUT2D eigenvalue weighted by Gasteiger charge is -2.10. The van der Waals surface area contributed by atoms with E-state index in [1.165, 1.54) is 0 Å². The number of benzene rings is 1. The average molecular weight is 292 g/mol. The van der Waals surface area contributed by atoms with Crippen molar-refractivity contribution in [3.8, 4) is 11.4 Å². The van der Waals surface area contributed by atoms with E-state index in [9.17, 15) is 0 Å². The number of aromatic nitrogens is 3. The number of nitrogens with zero attached hydrogens (tertiary/aromatic N) is 2.